The minimum atomic E-state index is -4.23. The summed E-state index contributed by atoms with van der Waals surface area (Å²) < 4.78 is 41.8. The molecule has 0 radical (unpaired) electrons. The Morgan fingerprint density at radius 3 is 2.34 bits per heavy atom. The number of hydrogen-bond donors (Lipinski definition) is 1. The summed E-state index contributed by atoms with van der Waals surface area (Å²) in [5.41, 5.74) is 0.400. The molecular formula is C25H18ClFN2O4S2. The highest BCUT2D eigenvalue weighted by Crippen LogP contribution is 2.29. The highest BCUT2D eigenvalue weighted by molar-refractivity contribution is 7.94. The van der Waals surface area contributed by atoms with E-state index in [2.05, 4.69) is 5.32 Å². The first kappa shape index (κ1) is 24.6. The standard InChI is InChI=1S/C25H18ClFN2O4S2/c26-18-12-13-21(19(15-18)25(31)17-7-2-1-3-8-17)28-23(30)16-29(22-10-5-4-9-20(22)27)35(32,33)24-11-6-14-34-24/h1-15H,16H2,(H,28,30). The fourth-order valence-electron chi connectivity index (χ4n) is 3.35. The first-order valence-corrected chi connectivity index (χ1v) is 13.0. The van der Waals surface area contributed by atoms with Gasteiger partial charge in [0, 0.05) is 16.1 Å². The van der Waals surface area contributed by atoms with Crippen LogP contribution in [0, 0.1) is 5.82 Å². The summed E-state index contributed by atoms with van der Waals surface area (Å²) in [6.07, 6.45) is 0. The molecule has 1 amide bonds. The van der Waals surface area contributed by atoms with Crippen molar-refractivity contribution in [2.24, 2.45) is 0 Å². The molecule has 1 heterocycles. The lowest BCUT2D eigenvalue weighted by Crippen LogP contribution is -2.38. The highest BCUT2D eigenvalue weighted by Gasteiger charge is 2.30. The fraction of sp³-hybridized carbons (Fsp3) is 0.0400. The van der Waals surface area contributed by atoms with Crippen LogP contribution in [-0.2, 0) is 14.8 Å². The first-order chi connectivity index (χ1) is 16.8. The third-order valence-corrected chi connectivity index (χ3v) is 8.35. The normalized spacial score (nSPS) is 11.1. The maximum absolute atomic E-state index is 14.6. The van der Waals surface area contributed by atoms with Gasteiger partial charge in [0.1, 0.15) is 16.6 Å². The second-order valence-electron chi connectivity index (χ2n) is 7.33. The maximum atomic E-state index is 14.6. The third kappa shape index (κ3) is 5.43. The number of nitrogens with zero attached hydrogens (tertiary/aromatic N) is 1. The summed E-state index contributed by atoms with van der Waals surface area (Å²) in [5.74, 6) is -1.94. The smallest absolute Gasteiger partial charge is 0.274 e. The molecule has 0 aliphatic carbocycles. The van der Waals surface area contributed by atoms with Crippen LogP contribution in [0.25, 0.3) is 0 Å². The van der Waals surface area contributed by atoms with E-state index in [4.69, 9.17) is 11.6 Å². The van der Waals surface area contributed by atoms with Gasteiger partial charge < -0.3 is 5.32 Å². The number of carbonyl (C=O) groups excluding carboxylic acids is 2. The number of carbonyl (C=O) groups is 2. The number of benzene rings is 3. The Bertz CT molecular complexity index is 1480. The van der Waals surface area contributed by atoms with Gasteiger partial charge in [0.25, 0.3) is 10.0 Å². The lowest BCUT2D eigenvalue weighted by Gasteiger charge is -2.24. The van der Waals surface area contributed by atoms with Crippen molar-refractivity contribution in [3.8, 4) is 0 Å². The molecule has 0 unspecified atom stereocenters. The molecule has 0 spiro atoms. The van der Waals surface area contributed by atoms with E-state index in [0.29, 0.717) is 9.87 Å². The average molecular weight is 529 g/mol. The van der Waals surface area contributed by atoms with E-state index < -0.39 is 28.3 Å². The number of anilines is 2. The summed E-state index contributed by atoms with van der Waals surface area (Å²) in [6.45, 7) is -0.719. The van der Waals surface area contributed by atoms with Crippen molar-refractivity contribution >= 4 is 56.0 Å². The Morgan fingerprint density at radius 2 is 1.66 bits per heavy atom. The number of rotatable bonds is 8. The Morgan fingerprint density at radius 1 is 0.943 bits per heavy atom. The van der Waals surface area contributed by atoms with Crippen molar-refractivity contribution in [2.45, 2.75) is 4.21 Å². The van der Waals surface area contributed by atoms with Gasteiger partial charge in [-0.25, -0.2) is 12.8 Å². The number of halogens is 2. The van der Waals surface area contributed by atoms with Gasteiger partial charge in [-0.05, 0) is 41.8 Å². The summed E-state index contributed by atoms with van der Waals surface area (Å²) in [4.78, 5) is 26.1. The summed E-state index contributed by atoms with van der Waals surface area (Å²) in [6, 6.07) is 21.0. The molecular weight excluding hydrogens is 511 g/mol. The lowest BCUT2D eigenvalue weighted by atomic mass is 10.0. The molecule has 6 nitrogen and oxygen atoms in total. The summed E-state index contributed by atoms with van der Waals surface area (Å²) in [7, 11) is -4.23. The molecule has 0 saturated carbocycles. The zero-order valence-corrected chi connectivity index (χ0v) is 20.4. The molecule has 4 rings (SSSR count). The van der Waals surface area contributed by atoms with Crippen molar-refractivity contribution in [3.63, 3.8) is 0 Å². The lowest BCUT2D eigenvalue weighted by molar-refractivity contribution is -0.114. The van der Waals surface area contributed by atoms with Crippen LogP contribution in [0.3, 0.4) is 0 Å². The van der Waals surface area contributed by atoms with Crippen molar-refractivity contribution in [1.82, 2.24) is 0 Å². The van der Waals surface area contributed by atoms with E-state index >= 15 is 0 Å². The van der Waals surface area contributed by atoms with Gasteiger partial charge in [-0.1, -0.05) is 60.1 Å². The van der Waals surface area contributed by atoms with E-state index in [0.717, 1.165) is 17.4 Å². The van der Waals surface area contributed by atoms with Crippen LogP contribution in [-0.4, -0.2) is 26.7 Å². The van der Waals surface area contributed by atoms with E-state index in [1.54, 1.807) is 41.8 Å². The van der Waals surface area contributed by atoms with Crippen molar-refractivity contribution in [3.05, 3.63) is 112 Å². The topological polar surface area (TPSA) is 83.6 Å². The Labute approximate surface area is 210 Å². The minimum absolute atomic E-state index is 0.0417. The van der Waals surface area contributed by atoms with Gasteiger partial charge in [-0.15, -0.1) is 11.3 Å². The molecule has 0 atom stereocenters. The summed E-state index contributed by atoms with van der Waals surface area (Å²) in [5, 5.41) is 4.44. The largest absolute Gasteiger partial charge is 0.324 e. The van der Waals surface area contributed by atoms with Gasteiger partial charge >= 0.3 is 0 Å². The molecule has 178 valence electrons. The molecule has 0 fully saturated rings. The molecule has 0 saturated heterocycles. The van der Waals surface area contributed by atoms with Crippen LogP contribution in [0.5, 0.6) is 0 Å². The van der Waals surface area contributed by atoms with Crippen LogP contribution in [0.2, 0.25) is 5.02 Å². The number of amides is 1. The predicted octanol–water partition coefficient (Wildman–Crippen LogP) is 5.61. The molecule has 3 aromatic carbocycles. The predicted molar refractivity (Wildman–Crippen MR) is 135 cm³/mol. The van der Waals surface area contributed by atoms with Crippen LogP contribution in [0.4, 0.5) is 15.8 Å². The number of thiophene rings is 1. The summed E-state index contributed by atoms with van der Waals surface area (Å²) >= 11 is 7.04. The third-order valence-electron chi connectivity index (χ3n) is 4.98. The van der Waals surface area contributed by atoms with Crippen LogP contribution >= 0.6 is 22.9 Å². The zero-order chi connectivity index (χ0) is 25.0. The molecule has 1 N–H and O–H groups in total. The van der Waals surface area contributed by atoms with Crippen LogP contribution in [0.15, 0.2) is 94.5 Å². The second kappa shape index (κ2) is 10.4. The van der Waals surface area contributed by atoms with Gasteiger partial charge in [0.15, 0.2) is 5.78 Å². The van der Waals surface area contributed by atoms with E-state index in [1.807, 2.05) is 0 Å². The SMILES string of the molecule is O=C(CN(c1ccccc1F)S(=O)(=O)c1cccs1)Nc1ccc(Cl)cc1C(=O)c1ccccc1. The zero-order valence-electron chi connectivity index (χ0n) is 18.0. The molecule has 1 aromatic heterocycles. The number of nitrogens with one attached hydrogen (secondary N) is 1. The Hall–Kier alpha value is -3.53. The van der Waals surface area contributed by atoms with Crippen LogP contribution < -0.4 is 9.62 Å². The van der Waals surface area contributed by atoms with Crippen molar-refractivity contribution in [2.75, 3.05) is 16.2 Å². The molecule has 0 bridgehead atoms. The fourth-order valence-corrected chi connectivity index (χ4v) is 6.06. The van der Waals surface area contributed by atoms with E-state index in [1.165, 1.54) is 42.5 Å². The first-order valence-electron chi connectivity index (χ1n) is 10.3. The van der Waals surface area contributed by atoms with Gasteiger partial charge in [0.2, 0.25) is 5.91 Å². The Balaban J connectivity index is 1.67. The van der Waals surface area contributed by atoms with Crippen LogP contribution in [0.1, 0.15) is 15.9 Å². The van der Waals surface area contributed by atoms with E-state index in [9.17, 15) is 22.4 Å². The average Bonchev–Trinajstić information content (AvgIpc) is 3.40. The van der Waals surface area contributed by atoms with Gasteiger partial charge in [-0.3, -0.25) is 13.9 Å². The minimum Gasteiger partial charge on any atom is -0.324 e. The maximum Gasteiger partial charge on any atom is 0.274 e. The highest BCUT2D eigenvalue weighted by atomic mass is 35.5. The van der Waals surface area contributed by atoms with Gasteiger partial charge in [-0.2, -0.15) is 0 Å². The van der Waals surface area contributed by atoms with E-state index in [-0.39, 0.29) is 32.0 Å². The number of hydrogen-bond acceptors (Lipinski definition) is 5. The quantitative estimate of drug-likeness (QED) is 0.301. The number of sulfonamides is 1. The molecule has 4 aromatic rings. The molecule has 0 aliphatic rings. The molecule has 0 aliphatic heterocycles. The molecule has 35 heavy (non-hydrogen) atoms. The molecule has 10 heteroatoms. The van der Waals surface area contributed by atoms with Crippen molar-refractivity contribution in [1.29, 1.82) is 0 Å². The Kier molecular flexibility index (Phi) is 7.30. The number of ketones is 1. The number of para-hydroxylation sites is 1. The van der Waals surface area contributed by atoms with Gasteiger partial charge in [0.05, 0.1) is 11.4 Å². The van der Waals surface area contributed by atoms with Crippen molar-refractivity contribution < 1.29 is 22.4 Å². The second-order valence-corrected chi connectivity index (χ2v) is 10.8. The monoisotopic (exact) mass is 528 g/mol.